The number of Topliss-reactive ketones (excluding diaryl/α,β-unsaturated/α-hetero) is 1. The highest BCUT2D eigenvalue weighted by Gasteiger charge is 2.51. The van der Waals surface area contributed by atoms with Crippen molar-refractivity contribution < 1.29 is 38.3 Å². The molecule has 8 heteroatoms. The van der Waals surface area contributed by atoms with E-state index in [4.69, 9.17) is 28.4 Å². The van der Waals surface area contributed by atoms with Gasteiger partial charge in [-0.3, -0.25) is 4.79 Å². The van der Waals surface area contributed by atoms with Gasteiger partial charge in [0.25, 0.3) is 0 Å². The Kier molecular flexibility index (Phi) is 4.48. The number of hydrogen-bond donors (Lipinski definition) is 1. The van der Waals surface area contributed by atoms with Crippen LogP contribution >= 0.6 is 0 Å². The lowest BCUT2D eigenvalue weighted by atomic mass is 9.68. The number of carbonyl (C=O) groups is 1. The van der Waals surface area contributed by atoms with Crippen LogP contribution in [0.2, 0.25) is 0 Å². The third-order valence-corrected chi connectivity index (χ3v) is 6.09. The van der Waals surface area contributed by atoms with Gasteiger partial charge in [0.1, 0.15) is 12.7 Å². The van der Waals surface area contributed by atoms with Crippen molar-refractivity contribution in [2.24, 2.45) is 5.92 Å². The van der Waals surface area contributed by atoms with Gasteiger partial charge in [0.05, 0.1) is 33.4 Å². The first-order valence-electron chi connectivity index (χ1n) is 9.63. The Morgan fingerprint density at radius 1 is 0.933 bits per heavy atom. The molecule has 30 heavy (non-hydrogen) atoms. The number of carbonyl (C=O) groups excluding carboxylic acids is 1. The van der Waals surface area contributed by atoms with E-state index in [0.717, 1.165) is 11.1 Å². The van der Waals surface area contributed by atoms with Crippen LogP contribution in [0, 0.1) is 5.92 Å². The van der Waals surface area contributed by atoms with Crippen molar-refractivity contribution in [3.05, 3.63) is 41.0 Å². The Balaban J connectivity index is 1.74. The molecule has 2 heterocycles. The summed E-state index contributed by atoms with van der Waals surface area (Å²) in [7, 11) is 4.63. The first-order chi connectivity index (χ1) is 14.6. The molecule has 4 atom stereocenters. The van der Waals surface area contributed by atoms with Crippen LogP contribution in [0.15, 0.2) is 24.3 Å². The van der Waals surface area contributed by atoms with Crippen LogP contribution in [0.4, 0.5) is 0 Å². The maximum atomic E-state index is 12.8. The van der Waals surface area contributed by atoms with E-state index in [-0.39, 0.29) is 25.1 Å². The first kappa shape index (κ1) is 19.0. The van der Waals surface area contributed by atoms with E-state index in [0.29, 0.717) is 34.3 Å². The molecule has 2 aromatic carbocycles. The number of fused-ring (bicyclic) bond motifs is 3. The smallest absolute Gasteiger partial charge is 0.231 e. The molecule has 158 valence electrons. The normalized spacial score (nSPS) is 26.2. The molecule has 0 bridgehead atoms. The zero-order valence-electron chi connectivity index (χ0n) is 16.8. The highest BCUT2D eigenvalue weighted by Crippen LogP contribution is 2.53. The fourth-order valence-corrected chi connectivity index (χ4v) is 4.76. The van der Waals surface area contributed by atoms with Gasteiger partial charge in [-0.15, -0.1) is 0 Å². The summed E-state index contributed by atoms with van der Waals surface area (Å²) >= 11 is 0. The van der Waals surface area contributed by atoms with Crippen LogP contribution in [-0.4, -0.2) is 51.7 Å². The number of aliphatic hydroxyl groups excluding tert-OH is 1. The molecule has 1 N–H and O–H groups in total. The maximum absolute atomic E-state index is 12.8. The van der Waals surface area contributed by atoms with E-state index in [1.807, 2.05) is 18.2 Å². The summed E-state index contributed by atoms with van der Waals surface area (Å²) in [5.74, 6) is 1.62. The lowest BCUT2D eigenvalue weighted by Crippen LogP contribution is -2.38. The van der Waals surface area contributed by atoms with E-state index in [1.54, 1.807) is 20.3 Å². The molecule has 5 rings (SSSR count). The molecule has 0 aromatic heterocycles. The number of ether oxygens (including phenoxy) is 6. The van der Waals surface area contributed by atoms with Gasteiger partial charge in [-0.05, 0) is 41.0 Å². The first-order valence-corrected chi connectivity index (χ1v) is 9.63. The maximum Gasteiger partial charge on any atom is 0.231 e. The standard InChI is InChI=1S/C22H22O8/c1-25-16-4-10(5-17(26-2)21(16)27-3)18-11-6-14-15(30-9-29-14)7-12(11)20(24)22-19(18)13(23)8-28-22/h4-7,18-20,22,24H,8-9H2,1-3H3/t18-,19-,20+,22+/m1/s1. The van der Waals surface area contributed by atoms with E-state index in [1.165, 1.54) is 7.11 Å². The molecule has 1 saturated heterocycles. The predicted molar refractivity (Wildman–Crippen MR) is 104 cm³/mol. The fraction of sp³-hybridized carbons (Fsp3) is 0.409. The van der Waals surface area contributed by atoms with Crippen molar-refractivity contribution >= 4 is 5.78 Å². The molecule has 2 aromatic rings. The minimum absolute atomic E-state index is 0.0337. The highest BCUT2D eigenvalue weighted by atomic mass is 16.7. The van der Waals surface area contributed by atoms with Crippen molar-refractivity contribution in [3.63, 3.8) is 0 Å². The van der Waals surface area contributed by atoms with E-state index >= 15 is 0 Å². The topological polar surface area (TPSA) is 92.7 Å². The zero-order chi connectivity index (χ0) is 21.0. The second-order valence-electron chi connectivity index (χ2n) is 7.48. The zero-order valence-corrected chi connectivity index (χ0v) is 16.8. The second-order valence-corrected chi connectivity index (χ2v) is 7.48. The minimum Gasteiger partial charge on any atom is -0.493 e. The third kappa shape index (κ3) is 2.64. The molecule has 3 aliphatic rings. The molecule has 0 radical (unpaired) electrons. The van der Waals surface area contributed by atoms with Gasteiger partial charge < -0.3 is 33.5 Å². The van der Waals surface area contributed by atoms with Gasteiger partial charge in [0.15, 0.2) is 28.8 Å². The molecule has 1 fully saturated rings. The highest BCUT2D eigenvalue weighted by molar-refractivity contribution is 5.87. The van der Waals surface area contributed by atoms with Crippen molar-refractivity contribution in [2.45, 2.75) is 18.1 Å². The van der Waals surface area contributed by atoms with E-state index in [9.17, 15) is 9.90 Å². The SMILES string of the molecule is COc1cc([C@@H]2c3cc4c(cc3[C@H](O)[C@H]3OCC(=O)[C@H]23)OCO4)cc(OC)c1OC. The molecule has 1 aliphatic carbocycles. The summed E-state index contributed by atoms with van der Waals surface area (Å²) in [6.07, 6.45) is -1.58. The fourth-order valence-electron chi connectivity index (χ4n) is 4.76. The molecular formula is C22H22O8. The largest absolute Gasteiger partial charge is 0.493 e. The quantitative estimate of drug-likeness (QED) is 0.814. The van der Waals surface area contributed by atoms with Crippen LogP contribution in [0.25, 0.3) is 0 Å². The Bertz CT molecular complexity index is 991. The summed E-state index contributed by atoms with van der Waals surface area (Å²) < 4.78 is 33.2. The minimum atomic E-state index is -0.941. The molecule has 2 aliphatic heterocycles. The number of hydrogen-bond acceptors (Lipinski definition) is 8. The molecule has 8 nitrogen and oxygen atoms in total. The molecule has 0 spiro atoms. The van der Waals surface area contributed by atoms with Crippen molar-refractivity contribution in [1.82, 2.24) is 0 Å². The Morgan fingerprint density at radius 3 is 2.17 bits per heavy atom. The number of methoxy groups -OCH3 is 3. The van der Waals surface area contributed by atoms with Gasteiger partial charge >= 0.3 is 0 Å². The van der Waals surface area contributed by atoms with Gasteiger partial charge in [-0.1, -0.05) is 0 Å². The second kappa shape index (κ2) is 7.07. The van der Waals surface area contributed by atoms with Crippen LogP contribution in [0.1, 0.15) is 28.7 Å². The van der Waals surface area contributed by atoms with Crippen molar-refractivity contribution in [2.75, 3.05) is 34.7 Å². The summed E-state index contributed by atoms with van der Waals surface area (Å²) in [5, 5.41) is 11.0. The molecule has 0 unspecified atom stereocenters. The average Bonchev–Trinajstić information content (AvgIpc) is 3.38. The van der Waals surface area contributed by atoms with Gasteiger partial charge in [0.2, 0.25) is 12.5 Å². The van der Waals surface area contributed by atoms with Crippen LogP contribution in [0.3, 0.4) is 0 Å². The van der Waals surface area contributed by atoms with Gasteiger partial charge in [-0.2, -0.15) is 0 Å². The summed E-state index contributed by atoms with van der Waals surface area (Å²) in [4.78, 5) is 12.8. The number of rotatable bonds is 4. The Morgan fingerprint density at radius 2 is 1.57 bits per heavy atom. The lowest BCUT2D eigenvalue weighted by Gasteiger charge is -2.37. The predicted octanol–water partition coefficient (Wildman–Crippen LogP) is 2.20. The van der Waals surface area contributed by atoms with E-state index in [2.05, 4.69) is 0 Å². The van der Waals surface area contributed by atoms with E-state index < -0.39 is 18.1 Å². The molecule has 0 amide bonds. The van der Waals surface area contributed by atoms with Crippen molar-refractivity contribution in [1.29, 1.82) is 0 Å². The number of benzene rings is 2. The Labute approximate surface area is 173 Å². The van der Waals surface area contributed by atoms with Gasteiger partial charge in [0, 0.05) is 5.92 Å². The van der Waals surface area contributed by atoms with Crippen LogP contribution in [0.5, 0.6) is 28.7 Å². The lowest BCUT2D eigenvalue weighted by molar-refractivity contribution is -0.121. The third-order valence-electron chi connectivity index (χ3n) is 6.09. The molecular weight excluding hydrogens is 392 g/mol. The number of aliphatic hydroxyl groups is 1. The monoisotopic (exact) mass is 414 g/mol. The summed E-state index contributed by atoms with van der Waals surface area (Å²) in [5.41, 5.74) is 2.25. The van der Waals surface area contributed by atoms with Crippen LogP contribution < -0.4 is 23.7 Å². The number of ketones is 1. The molecule has 0 saturated carbocycles. The average molecular weight is 414 g/mol. The van der Waals surface area contributed by atoms with Crippen LogP contribution in [-0.2, 0) is 9.53 Å². The summed E-state index contributed by atoms with van der Waals surface area (Å²) in [6.45, 7) is 0.0828. The summed E-state index contributed by atoms with van der Waals surface area (Å²) in [6, 6.07) is 7.29. The van der Waals surface area contributed by atoms with Gasteiger partial charge in [-0.25, -0.2) is 0 Å². The van der Waals surface area contributed by atoms with Crippen molar-refractivity contribution in [3.8, 4) is 28.7 Å². The Hall–Kier alpha value is -2.97.